The highest BCUT2D eigenvalue weighted by molar-refractivity contribution is 7.89. The molecule has 0 aliphatic carbocycles. The molecule has 1 aliphatic rings. The molecule has 0 atom stereocenters. The summed E-state index contributed by atoms with van der Waals surface area (Å²) in [5, 5.41) is 4.08. The highest BCUT2D eigenvalue weighted by Gasteiger charge is 2.31. The summed E-state index contributed by atoms with van der Waals surface area (Å²) in [6.45, 7) is 1.82. The van der Waals surface area contributed by atoms with Crippen molar-refractivity contribution >= 4 is 61.3 Å². The van der Waals surface area contributed by atoms with Crippen LogP contribution in [0.5, 0.6) is 0 Å². The van der Waals surface area contributed by atoms with Gasteiger partial charge in [-0.3, -0.25) is 0 Å². The van der Waals surface area contributed by atoms with Crippen LogP contribution in [0.2, 0.25) is 15.1 Å². The number of thiazole rings is 1. The Kier molecular flexibility index (Phi) is 6.06. The molecular formula is C19H16Cl3N3O2S2. The van der Waals surface area contributed by atoms with Crippen LogP contribution in [0.25, 0.3) is 11.3 Å². The van der Waals surface area contributed by atoms with Crippen molar-refractivity contribution in [3.8, 4) is 11.3 Å². The largest absolute Gasteiger partial charge is 0.345 e. The second-order valence-electron chi connectivity index (χ2n) is 6.49. The van der Waals surface area contributed by atoms with Crippen molar-refractivity contribution in [2.24, 2.45) is 0 Å². The molecule has 0 unspecified atom stereocenters. The Morgan fingerprint density at radius 3 is 2.21 bits per heavy atom. The molecular weight excluding hydrogens is 473 g/mol. The second kappa shape index (κ2) is 8.41. The van der Waals surface area contributed by atoms with Crippen molar-refractivity contribution in [1.29, 1.82) is 0 Å². The van der Waals surface area contributed by atoms with Crippen molar-refractivity contribution in [3.63, 3.8) is 0 Å². The lowest BCUT2D eigenvalue weighted by molar-refractivity contribution is 0.385. The minimum Gasteiger partial charge on any atom is -0.345 e. The summed E-state index contributed by atoms with van der Waals surface area (Å²) >= 11 is 19.5. The van der Waals surface area contributed by atoms with E-state index >= 15 is 0 Å². The van der Waals surface area contributed by atoms with Gasteiger partial charge in [0.1, 0.15) is 4.90 Å². The quantitative estimate of drug-likeness (QED) is 0.501. The van der Waals surface area contributed by atoms with E-state index in [0.717, 1.165) is 16.4 Å². The Morgan fingerprint density at radius 2 is 1.55 bits per heavy atom. The van der Waals surface area contributed by atoms with Gasteiger partial charge in [0, 0.05) is 47.2 Å². The monoisotopic (exact) mass is 487 g/mol. The molecule has 2 heterocycles. The first-order valence-corrected chi connectivity index (χ1v) is 12.2. The summed E-state index contributed by atoms with van der Waals surface area (Å²) in [6.07, 6.45) is 0. The van der Waals surface area contributed by atoms with E-state index in [4.69, 9.17) is 39.8 Å². The number of sulfonamides is 1. The van der Waals surface area contributed by atoms with Gasteiger partial charge in [-0.2, -0.15) is 4.31 Å². The predicted molar refractivity (Wildman–Crippen MR) is 120 cm³/mol. The molecule has 5 nitrogen and oxygen atoms in total. The molecule has 0 N–H and O–H groups in total. The molecule has 29 heavy (non-hydrogen) atoms. The Balaban J connectivity index is 1.46. The second-order valence-corrected chi connectivity index (χ2v) is 10.5. The Labute approximate surface area is 188 Å². The number of rotatable bonds is 4. The van der Waals surface area contributed by atoms with Crippen molar-refractivity contribution in [2.45, 2.75) is 4.90 Å². The van der Waals surface area contributed by atoms with E-state index < -0.39 is 10.0 Å². The van der Waals surface area contributed by atoms with Gasteiger partial charge in [-0.05, 0) is 30.3 Å². The van der Waals surface area contributed by atoms with Crippen LogP contribution < -0.4 is 4.90 Å². The van der Waals surface area contributed by atoms with Gasteiger partial charge < -0.3 is 4.90 Å². The Bertz CT molecular complexity index is 1130. The number of piperazine rings is 1. The van der Waals surface area contributed by atoms with Gasteiger partial charge in [-0.1, -0.05) is 46.9 Å². The fourth-order valence-electron chi connectivity index (χ4n) is 3.11. The van der Waals surface area contributed by atoms with Gasteiger partial charge in [0.15, 0.2) is 5.13 Å². The van der Waals surface area contributed by atoms with Crippen molar-refractivity contribution in [1.82, 2.24) is 9.29 Å². The fraction of sp³-hybridized carbons (Fsp3) is 0.211. The van der Waals surface area contributed by atoms with E-state index in [-0.39, 0.29) is 9.92 Å². The maximum absolute atomic E-state index is 12.9. The Hall–Kier alpha value is -1.35. The molecule has 152 valence electrons. The smallest absolute Gasteiger partial charge is 0.244 e. The molecule has 1 aromatic heterocycles. The van der Waals surface area contributed by atoms with Crippen LogP contribution in [0.1, 0.15) is 0 Å². The average molecular weight is 489 g/mol. The molecule has 0 saturated carbocycles. The van der Waals surface area contributed by atoms with Crippen LogP contribution in [0, 0.1) is 0 Å². The van der Waals surface area contributed by atoms with Crippen LogP contribution in [0.3, 0.4) is 0 Å². The summed E-state index contributed by atoms with van der Waals surface area (Å²) < 4.78 is 27.3. The van der Waals surface area contributed by atoms with E-state index in [1.54, 1.807) is 11.3 Å². The van der Waals surface area contributed by atoms with Gasteiger partial charge in [0.25, 0.3) is 0 Å². The van der Waals surface area contributed by atoms with Crippen LogP contribution in [0.15, 0.2) is 52.7 Å². The highest BCUT2D eigenvalue weighted by Crippen LogP contribution is 2.31. The van der Waals surface area contributed by atoms with E-state index in [9.17, 15) is 8.42 Å². The van der Waals surface area contributed by atoms with E-state index in [0.29, 0.717) is 36.2 Å². The molecule has 0 spiro atoms. The number of halogens is 3. The lowest BCUT2D eigenvalue weighted by atomic mass is 10.2. The maximum atomic E-state index is 12.9. The molecule has 3 aromatic rings. The molecule has 1 aliphatic heterocycles. The number of hydrogen-bond donors (Lipinski definition) is 0. The molecule has 4 rings (SSSR count). The molecule has 1 fully saturated rings. The Morgan fingerprint density at radius 1 is 0.897 bits per heavy atom. The minimum atomic E-state index is -3.67. The SMILES string of the molecule is O=S(=O)(c1ccc(Cl)cc1Cl)N1CCN(c2nc(-c3ccc(Cl)cc3)cs2)CC1. The van der Waals surface area contributed by atoms with Gasteiger partial charge in [0.05, 0.1) is 10.7 Å². The molecule has 0 radical (unpaired) electrons. The summed E-state index contributed by atoms with van der Waals surface area (Å²) in [5.74, 6) is 0. The van der Waals surface area contributed by atoms with Gasteiger partial charge in [0.2, 0.25) is 10.0 Å². The third-order valence-corrected chi connectivity index (χ3v) is 8.42. The molecule has 2 aromatic carbocycles. The van der Waals surface area contributed by atoms with Crippen molar-refractivity contribution in [3.05, 3.63) is 62.9 Å². The first-order valence-electron chi connectivity index (χ1n) is 8.76. The summed E-state index contributed by atoms with van der Waals surface area (Å²) in [6, 6.07) is 12.0. The van der Waals surface area contributed by atoms with Crippen LogP contribution in [0.4, 0.5) is 5.13 Å². The lowest BCUT2D eigenvalue weighted by Gasteiger charge is -2.33. The molecule has 0 bridgehead atoms. The maximum Gasteiger partial charge on any atom is 0.244 e. The summed E-state index contributed by atoms with van der Waals surface area (Å²) in [4.78, 5) is 6.88. The zero-order valence-corrected chi connectivity index (χ0v) is 19.0. The zero-order chi connectivity index (χ0) is 20.6. The number of hydrogen-bond acceptors (Lipinski definition) is 5. The number of anilines is 1. The minimum absolute atomic E-state index is 0.0799. The molecule has 0 amide bonds. The van der Waals surface area contributed by atoms with Crippen LogP contribution >= 0.6 is 46.1 Å². The topological polar surface area (TPSA) is 53.5 Å². The third-order valence-electron chi connectivity index (χ3n) is 4.65. The number of nitrogens with zero attached hydrogens (tertiary/aromatic N) is 3. The lowest BCUT2D eigenvalue weighted by Crippen LogP contribution is -2.48. The normalized spacial score (nSPS) is 15.6. The van der Waals surface area contributed by atoms with E-state index in [1.807, 2.05) is 29.6 Å². The van der Waals surface area contributed by atoms with Gasteiger partial charge >= 0.3 is 0 Å². The summed E-state index contributed by atoms with van der Waals surface area (Å²) in [7, 11) is -3.67. The zero-order valence-electron chi connectivity index (χ0n) is 15.1. The molecule has 10 heteroatoms. The van der Waals surface area contributed by atoms with Crippen molar-refractivity contribution < 1.29 is 8.42 Å². The summed E-state index contributed by atoms with van der Waals surface area (Å²) in [5.41, 5.74) is 1.88. The standard InChI is InChI=1S/C19H16Cl3N3O2S2/c20-14-3-1-13(2-4-14)17-12-28-19(23-17)24-7-9-25(10-8-24)29(26,27)18-6-5-15(21)11-16(18)22/h1-6,11-12H,7-10H2. The van der Waals surface area contributed by atoms with Crippen LogP contribution in [-0.2, 0) is 10.0 Å². The van der Waals surface area contributed by atoms with Gasteiger partial charge in [-0.15, -0.1) is 11.3 Å². The van der Waals surface area contributed by atoms with E-state index in [2.05, 4.69) is 4.90 Å². The highest BCUT2D eigenvalue weighted by atomic mass is 35.5. The first-order chi connectivity index (χ1) is 13.8. The fourth-order valence-corrected chi connectivity index (χ4v) is 6.29. The van der Waals surface area contributed by atoms with Crippen LogP contribution in [-0.4, -0.2) is 43.9 Å². The number of aromatic nitrogens is 1. The number of benzene rings is 2. The van der Waals surface area contributed by atoms with Crippen molar-refractivity contribution in [2.75, 3.05) is 31.1 Å². The predicted octanol–water partition coefficient (Wildman–Crippen LogP) is 5.28. The molecule has 1 saturated heterocycles. The van der Waals surface area contributed by atoms with E-state index in [1.165, 1.54) is 22.5 Å². The van der Waals surface area contributed by atoms with Gasteiger partial charge in [-0.25, -0.2) is 13.4 Å². The average Bonchev–Trinajstić information content (AvgIpc) is 3.18. The third kappa shape index (κ3) is 4.40. The first kappa shape index (κ1) is 20.9.